The number of hydrogen-bond donors (Lipinski definition) is 3. The van der Waals surface area contributed by atoms with Crippen molar-refractivity contribution >= 4 is 17.8 Å². The first kappa shape index (κ1) is 30.2. The molecule has 1 aromatic carbocycles. The summed E-state index contributed by atoms with van der Waals surface area (Å²) in [6, 6.07) is 12.6. The highest BCUT2D eigenvalue weighted by molar-refractivity contribution is 5.82. The monoisotopic (exact) mass is 539 g/mol. The number of para-hydroxylation sites is 1. The minimum absolute atomic E-state index is 0.308. The van der Waals surface area contributed by atoms with Crippen molar-refractivity contribution < 1.29 is 19.4 Å². The van der Waals surface area contributed by atoms with E-state index in [9.17, 15) is 14.7 Å². The van der Waals surface area contributed by atoms with Crippen molar-refractivity contribution in [2.45, 2.75) is 70.9 Å². The summed E-state index contributed by atoms with van der Waals surface area (Å²) in [5.41, 5.74) is 1.98. The molecular weight excluding hydrogens is 494 g/mol. The van der Waals surface area contributed by atoms with Gasteiger partial charge in [-0.15, -0.1) is 0 Å². The molecule has 0 saturated heterocycles. The Labute approximate surface area is 232 Å². The zero-order valence-corrected chi connectivity index (χ0v) is 23.9. The fourth-order valence-electron chi connectivity index (χ4n) is 4.41. The maximum atomic E-state index is 12.6. The van der Waals surface area contributed by atoms with E-state index in [0.717, 1.165) is 62.5 Å². The maximum Gasteiger partial charge on any atom is 0.326 e. The molecule has 3 rings (SSSR count). The number of unbranched alkanes of at least 4 members (excludes halogenated alkanes) is 1. The molecule has 0 aliphatic carbocycles. The molecule has 0 fully saturated rings. The quantitative estimate of drug-likeness (QED) is 0.305. The average molecular weight is 540 g/mol. The number of aromatic nitrogens is 1. The molecule has 0 radical (unpaired) electrons. The van der Waals surface area contributed by atoms with E-state index in [-0.39, 0.29) is 6.03 Å². The van der Waals surface area contributed by atoms with E-state index in [0.29, 0.717) is 26.1 Å². The van der Waals surface area contributed by atoms with Gasteiger partial charge in [0, 0.05) is 37.9 Å². The lowest BCUT2D eigenvalue weighted by atomic mass is 10.1. The highest BCUT2D eigenvalue weighted by Crippen LogP contribution is 2.20. The number of carbonyl (C=O) groups excluding carboxylic acids is 1. The molecule has 1 aromatic heterocycles. The number of nitrogens with one attached hydrogen (secondary N) is 2. The summed E-state index contributed by atoms with van der Waals surface area (Å²) in [4.78, 5) is 33.1. The Morgan fingerprint density at radius 2 is 1.87 bits per heavy atom. The third-order valence-electron chi connectivity index (χ3n) is 7.17. The Hall–Kier alpha value is -3.33. The van der Waals surface area contributed by atoms with Gasteiger partial charge in [0.25, 0.3) is 0 Å². The number of rotatable bonds is 14. The average Bonchev–Trinajstić information content (AvgIpc) is 2.92. The minimum Gasteiger partial charge on any atom is -0.492 e. The zero-order chi connectivity index (χ0) is 28.3. The van der Waals surface area contributed by atoms with Gasteiger partial charge in [0.05, 0.1) is 0 Å². The van der Waals surface area contributed by atoms with Gasteiger partial charge in [0.2, 0.25) is 0 Å². The van der Waals surface area contributed by atoms with E-state index in [1.807, 2.05) is 51.1 Å². The predicted octanol–water partition coefficient (Wildman–Crippen LogP) is 4.43. The van der Waals surface area contributed by atoms with E-state index in [1.165, 1.54) is 10.5 Å². The highest BCUT2D eigenvalue weighted by atomic mass is 16.5. The Bertz CT molecular complexity index is 1060. The van der Waals surface area contributed by atoms with Crippen LogP contribution in [0.25, 0.3) is 0 Å². The van der Waals surface area contributed by atoms with E-state index < -0.39 is 17.6 Å². The number of carboxylic acids is 1. The summed E-state index contributed by atoms with van der Waals surface area (Å²) in [7, 11) is 1.68. The topological polar surface area (TPSA) is 107 Å². The number of carboxylic acid groups (broad SMARTS) is 1. The smallest absolute Gasteiger partial charge is 0.326 e. The van der Waals surface area contributed by atoms with Crippen LogP contribution < -0.4 is 15.4 Å². The summed E-state index contributed by atoms with van der Waals surface area (Å²) in [6.45, 7) is 9.22. The molecule has 2 aromatic rings. The molecule has 9 heteroatoms. The first-order valence-corrected chi connectivity index (χ1v) is 14.0. The number of anilines is 1. The number of ether oxygens (including phenoxy) is 1. The Morgan fingerprint density at radius 3 is 2.59 bits per heavy atom. The Kier molecular flexibility index (Phi) is 11.4. The van der Waals surface area contributed by atoms with Gasteiger partial charge in [-0.25, -0.2) is 14.6 Å². The summed E-state index contributed by atoms with van der Waals surface area (Å²) in [6.07, 6.45) is 5.38. The number of nitrogens with zero attached hydrogens (tertiary/aromatic N) is 3. The van der Waals surface area contributed by atoms with Gasteiger partial charge in [0.1, 0.15) is 24.2 Å². The van der Waals surface area contributed by atoms with E-state index in [1.54, 1.807) is 7.05 Å². The highest BCUT2D eigenvalue weighted by Gasteiger charge is 2.27. The fraction of sp³-hybridized carbons (Fsp3) is 0.567. The van der Waals surface area contributed by atoms with Crippen molar-refractivity contribution in [3.8, 4) is 5.75 Å². The van der Waals surface area contributed by atoms with Crippen LogP contribution in [0.5, 0.6) is 5.75 Å². The molecule has 214 valence electrons. The number of benzene rings is 1. The van der Waals surface area contributed by atoms with Gasteiger partial charge in [-0.05, 0) is 89.6 Å². The lowest BCUT2D eigenvalue weighted by Gasteiger charge is -2.33. The summed E-state index contributed by atoms with van der Waals surface area (Å²) in [5.74, 6) is 0.806. The van der Waals surface area contributed by atoms with E-state index in [4.69, 9.17) is 9.72 Å². The molecule has 39 heavy (non-hydrogen) atoms. The van der Waals surface area contributed by atoms with Gasteiger partial charge in [-0.1, -0.05) is 24.3 Å². The van der Waals surface area contributed by atoms with Crippen molar-refractivity contribution in [3.63, 3.8) is 0 Å². The maximum absolute atomic E-state index is 12.6. The third kappa shape index (κ3) is 10.1. The molecule has 3 N–H and O–H groups in total. The number of pyridine rings is 1. The molecule has 1 aliphatic heterocycles. The first-order chi connectivity index (χ1) is 18.6. The van der Waals surface area contributed by atoms with E-state index in [2.05, 4.69) is 27.7 Å². The van der Waals surface area contributed by atoms with Gasteiger partial charge < -0.3 is 25.4 Å². The van der Waals surface area contributed by atoms with E-state index >= 15 is 0 Å². The molecular formula is C30H45N5O4. The summed E-state index contributed by atoms with van der Waals surface area (Å²) in [5, 5.41) is 15.9. The van der Waals surface area contributed by atoms with Gasteiger partial charge in [-0.3, -0.25) is 4.90 Å². The lowest BCUT2D eigenvalue weighted by Crippen LogP contribution is -2.53. The van der Waals surface area contributed by atoms with Gasteiger partial charge in [-0.2, -0.15) is 0 Å². The van der Waals surface area contributed by atoms with Crippen LogP contribution >= 0.6 is 0 Å². The number of fused-ring (bicyclic) bond motifs is 1. The van der Waals surface area contributed by atoms with Crippen molar-refractivity contribution in [1.29, 1.82) is 0 Å². The van der Waals surface area contributed by atoms with Crippen LogP contribution in [0.2, 0.25) is 0 Å². The van der Waals surface area contributed by atoms with Crippen molar-refractivity contribution in [2.24, 2.45) is 0 Å². The molecule has 0 unspecified atom stereocenters. The van der Waals surface area contributed by atoms with Gasteiger partial charge in [0.15, 0.2) is 0 Å². The van der Waals surface area contributed by atoms with Crippen LogP contribution in [0.4, 0.5) is 10.6 Å². The molecule has 2 heterocycles. The van der Waals surface area contributed by atoms with Gasteiger partial charge >= 0.3 is 12.0 Å². The number of carbonyl (C=O) groups is 2. The molecule has 9 nitrogen and oxygen atoms in total. The number of aryl methyl sites for hydroxylation is 2. The standard InChI is InChI=1S/C30H45N5O4/c1-30(2,3)34(4)29(38)33-26(28(36)37)17-20-35(21-22-39-25-13-6-5-7-14-25)19-9-8-12-24-16-15-23-11-10-18-31-27(23)32-24/h5-7,13-16,26H,8-12,17-22H2,1-4H3,(H,31,32)(H,33,38)(H,36,37)/t26-/m0/s1. The normalized spacial score (nSPS) is 13.8. The molecule has 0 spiro atoms. The summed E-state index contributed by atoms with van der Waals surface area (Å²) >= 11 is 0. The summed E-state index contributed by atoms with van der Waals surface area (Å²) < 4.78 is 5.90. The fourth-order valence-corrected chi connectivity index (χ4v) is 4.41. The second-order valence-corrected chi connectivity index (χ2v) is 11.2. The number of amides is 2. The lowest BCUT2D eigenvalue weighted by molar-refractivity contribution is -0.139. The van der Waals surface area contributed by atoms with Crippen LogP contribution in [-0.2, 0) is 17.6 Å². The molecule has 2 amide bonds. The number of aliphatic carboxylic acids is 1. The predicted molar refractivity (Wildman–Crippen MR) is 154 cm³/mol. The Balaban J connectivity index is 1.53. The largest absolute Gasteiger partial charge is 0.492 e. The molecule has 1 atom stereocenters. The first-order valence-electron chi connectivity index (χ1n) is 14.0. The Morgan fingerprint density at radius 1 is 1.10 bits per heavy atom. The SMILES string of the molecule is CN(C(=O)N[C@@H](CCN(CCCCc1ccc2c(n1)NCCC2)CCOc1ccccc1)C(=O)O)C(C)(C)C. The molecule has 1 aliphatic rings. The number of hydrogen-bond acceptors (Lipinski definition) is 6. The van der Waals surface area contributed by atoms with Crippen LogP contribution in [-0.4, -0.2) is 83.3 Å². The van der Waals surface area contributed by atoms with Crippen LogP contribution in [0, 0.1) is 0 Å². The molecule has 0 bridgehead atoms. The second-order valence-electron chi connectivity index (χ2n) is 11.2. The minimum atomic E-state index is -1.03. The van der Waals surface area contributed by atoms with Crippen molar-refractivity contribution in [1.82, 2.24) is 20.1 Å². The zero-order valence-electron chi connectivity index (χ0n) is 23.9. The molecule has 0 saturated carbocycles. The van der Waals surface area contributed by atoms with Crippen molar-refractivity contribution in [2.75, 3.05) is 45.2 Å². The van der Waals surface area contributed by atoms with Crippen molar-refractivity contribution in [3.05, 3.63) is 53.7 Å². The third-order valence-corrected chi connectivity index (χ3v) is 7.17. The van der Waals surface area contributed by atoms with Crippen LogP contribution in [0.1, 0.15) is 57.7 Å². The van der Waals surface area contributed by atoms with Crippen LogP contribution in [0.3, 0.4) is 0 Å². The second kappa shape index (κ2) is 14.7. The van der Waals surface area contributed by atoms with Crippen LogP contribution in [0.15, 0.2) is 42.5 Å². The number of urea groups is 1.